The smallest absolute Gasteiger partial charge is 0.326 e. The standard InChI is InChI=1S/C11H19NO5/c1-3-7(2)6-9(13)12-8(11(16)17)4-5-10(14)15/h7-8H,3-6H2,1-2H3,(H,12,13)(H,14,15)(H,16,17). The summed E-state index contributed by atoms with van der Waals surface area (Å²) in [5.74, 6) is -2.45. The average molecular weight is 245 g/mol. The number of hydrogen-bond acceptors (Lipinski definition) is 3. The maximum absolute atomic E-state index is 11.5. The van der Waals surface area contributed by atoms with E-state index >= 15 is 0 Å². The molecule has 0 heterocycles. The van der Waals surface area contributed by atoms with Gasteiger partial charge in [-0.25, -0.2) is 4.79 Å². The molecule has 0 aliphatic rings. The second kappa shape index (κ2) is 7.65. The molecule has 0 saturated heterocycles. The Morgan fingerprint density at radius 2 is 1.82 bits per heavy atom. The van der Waals surface area contributed by atoms with Crippen molar-refractivity contribution < 1.29 is 24.6 Å². The Kier molecular flexibility index (Phi) is 6.93. The number of carbonyl (C=O) groups is 3. The molecule has 0 aromatic carbocycles. The van der Waals surface area contributed by atoms with E-state index in [0.717, 1.165) is 6.42 Å². The van der Waals surface area contributed by atoms with Gasteiger partial charge >= 0.3 is 11.9 Å². The molecule has 6 heteroatoms. The van der Waals surface area contributed by atoms with Crippen LogP contribution in [0.3, 0.4) is 0 Å². The Hall–Kier alpha value is -1.59. The minimum Gasteiger partial charge on any atom is -0.481 e. The molecule has 17 heavy (non-hydrogen) atoms. The molecule has 0 radical (unpaired) electrons. The fourth-order valence-corrected chi connectivity index (χ4v) is 1.24. The van der Waals surface area contributed by atoms with Crippen molar-refractivity contribution in [3.8, 4) is 0 Å². The molecule has 1 amide bonds. The van der Waals surface area contributed by atoms with Gasteiger partial charge in [-0.3, -0.25) is 9.59 Å². The molecule has 6 nitrogen and oxygen atoms in total. The molecule has 0 aromatic heterocycles. The number of hydrogen-bond donors (Lipinski definition) is 3. The van der Waals surface area contributed by atoms with Crippen molar-refractivity contribution in [1.29, 1.82) is 0 Å². The van der Waals surface area contributed by atoms with E-state index in [1.807, 2.05) is 13.8 Å². The number of carboxylic acids is 2. The van der Waals surface area contributed by atoms with Gasteiger partial charge in [0.05, 0.1) is 0 Å². The van der Waals surface area contributed by atoms with Crippen LogP contribution in [0.4, 0.5) is 0 Å². The fourth-order valence-electron chi connectivity index (χ4n) is 1.24. The molecule has 3 N–H and O–H groups in total. The van der Waals surface area contributed by atoms with Crippen molar-refractivity contribution in [3.05, 3.63) is 0 Å². The minimum absolute atomic E-state index is 0.100. The lowest BCUT2D eigenvalue weighted by atomic mass is 10.0. The third-order valence-electron chi connectivity index (χ3n) is 2.51. The highest BCUT2D eigenvalue weighted by molar-refractivity contribution is 5.84. The van der Waals surface area contributed by atoms with E-state index in [2.05, 4.69) is 5.32 Å². The third-order valence-corrected chi connectivity index (χ3v) is 2.51. The number of amides is 1. The van der Waals surface area contributed by atoms with Crippen LogP contribution in [0.2, 0.25) is 0 Å². The Morgan fingerprint density at radius 3 is 2.24 bits per heavy atom. The highest BCUT2D eigenvalue weighted by atomic mass is 16.4. The molecule has 0 rings (SSSR count). The van der Waals surface area contributed by atoms with E-state index in [0.29, 0.717) is 0 Å². The average Bonchev–Trinajstić information content (AvgIpc) is 2.23. The summed E-state index contributed by atoms with van der Waals surface area (Å²) >= 11 is 0. The monoisotopic (exact) mass is 245 g/mol. The molecule has 2 unspecified atom stereocenters. The Balaban J connectivity index is 4.20. The van der Waals surface area contributed by atoms with E-state index in [1.54, 1.807) is 0 Å². The van der Waals surface area contributed by atoms with Gasteiger partial charge in [-0.05, 0) is 12.3 Å². The lowest BCUT2D eigenvalue weighted by molar-refractivity contribution is -0.143. The Bertz CT molecular complexity index is 290. The first-order chi connectivity index (χ1) is 7.86. The van der Waals surface area contributed by atoms with E-state index in [-0.39, 0.29) is 31.1 Å². The van der Waals surface area contributed by atoms with Gasteiger partial charge in [0.25, 0.3) is 0 Å². The molecule has 0 fully saturated rings. The van der Waals surface area contributed by atoms with Crippen LogP contribution in [0, 0.1) is 5.92 Å². The van der Waals surface area contributed by atoms with E-state index < -0.39 is 18.0 Å². The predicted octanol–water partition coefficient (Wildman–Crippen LogP) is 0.857. The Morgan fingerprint density at radius 1 is 1.24 bits per heavy atom. The van der Waals surface area contributed by atoms with Crippen molar-refractivity contribution in [2.45, 2.75) is 45.6 Å². The van der Waals surface area contributed by atoms with Gasteiger partial charge < -0.3 is 15.5 Å². The van der Waals surface area contributed by atoms with Gasteiger partial charge in [0.15, 0.2) is 0 Å². The van der Waals surface area contributed by atoms with Gasteiger partial charge in [-0.15, -0.1) is 0 Å². The molecule has 0 aliphatic carbocycles. The summed E-state index contributed by atoms with van der Waals surface area (Å²) in [6.45, 7) is 3.84. The normalized spacial score (nSPS) is 13.8. The number of carboxylic acid groups (broad SMARTS) is 2. The van der Waals surface area contributed by atoms with Crippen LogP contribution < -0.4 is 5.32 Å². The van der Waals surface area contributed by atoms with Crippen molar-refractivity contribution in [2.24, 2.45) is 5.92 Å². The van der Waals surface area contributed by atoms with Crippen molar-refractivity contribution in [3.63, 3.8) is 0 Å². The molecule has 98 valence electrons. The first-order valence-electron chi connectivity index (χ1n) is 5.60. The maximum atomic E-state index is 11.5. The van der Waals surface area contributed by atoms with Crippen LogP contribution in [0.15, 0.2) is 0 Å². The Labute approximate surface area is 100 Å². The summed E-state index contributed by atoms with van der Waals surface area (Å²) in [6, 6.07) is -1.12. The highest BCUT2D eigenvalue weighted by Crippen LogP contribution is 2.07. The lowest BCUT2D eigenvalue weighted by Crippen LogP contribution is -2.41. The first kappa shape index (κ1) is 15.4. The molecule has 0 spiro atoms. The fraction of sp³-hybridized carbons (Fsp3) is 0.727. The molecular formula is C11H19NO5. The van der Waals surface area contributed by atoms with E-state index in [4.69, 9.17) is 10.2 Å². The third kappa shape index (κ3) is 7.32. The molecular weight excluding hydrogens is 226 g/mol. The first-order valence-corrected chi connectivity index (χ1v) is 5.60. The van der Waals surface area contributed by atoms with Crippen LogP contribution in [-0.2, 0) is 14.4 Å². The van der Waals surface area contributed by atoms with Crippen molar-refractivity contribution in [1.82, 2.24) is 5.32 Å². The zero-order valence-corrected chi connectivity index (χ0v) is 10.1. The zero-order chi connectivity index (χ0) is 13.4. The van der Waals surface area contributed by atoms with Crippen LogP contribution >= 0.6 is 0 Å². The van der Waals surface area contributed by atoms with E-state index in [1.165, 1.54) is 0 Å². The maximum Gasteiger partial charge on any atom is 0.326 e. The largest absolute Gasteiger partial charge is 0.481 e. The molecule has 0 aliphatic heterocycles. The van der Waals surface area contributed by atoms with Crippen molar-refractivity contribution in [2.75, 3.05) is 0 Å². The van der Waals surface area contributed by atoms with Gasteiger partial charge in [0, 0.05) is 12.8 Å². The quantitative estimate of drug-likeness (QED) is 0.588. The van der Waals surface area contributed by atoms with Gasteiger partial charge in [0.2, 0.25) is 5.91 Å². The van der Waals surface area contributed by atoms with Crippen LogP contribution in [0.5, 0.6) is 0 Å². The second-order valence-corrected chi connectivity index (χ2v) is 4.11. The summed E-state index contributed by atoms with van der Waals surface area (Å²) in [5, 5.41) is 19.6. The van der Waals surface area contributed by atoms with Crippen LogP contribution in [-0.4, -0.2) is 34.1 Å². The van der Waals surface area contributed by atoms with Crippen LogP contribution in [0.1, 0.15) is 39.5 Å². The topological polar surface area (TPSA) is 104 Å². The zero-order valence-electron chi connectivity index (χ0n) is 10.1. The summed E-state index contributed by atoms with van der Waals surface area (Å²) in [4.78, 5) is 32.6. The second-order valence-electron chi connectivity index (χ2n) is 4.11. The number of rotatable bonds is 8. The minimum atomic E-state index is -1.20. The molecule has 0 saturated carbocycles. The van der Waals surface area contributed by atoms with E-state index in [9.17, 15) is 14.4 Å². The van der Waals surface area contributed by atoms with Crippen LogP contribution in [0.25, 0.3) is 0 Å². The highest BCUT2D eigenvalue weighted by Gasteiger charge is 2.21. The lowest BCUT2D eigenvalue weighted by Gasteiger charge is -2.15. The predicted molar refractivity (Wildman–Crippen MR) is 60.5 cm³/mol. The summed E-state index contributed by atoms with van der Waals surface area (Å²) in [6.07, 6.45) is 0.713. The van der Waals surface area contributed by atoms with Gasteiger partial charge in [-0.1, -0.05) is 20.3 Å². The number of nitrogens with one attached hydrogen (secondary N) is 1. The van der Waals surface area contributed by atoms with Crippen molar-refractivity contribution >= 4 is 17.8 Å². The SMILES string of the molecule is CCC(C)CC(=O)NC(CCC(=O)O)C(=O)O. The number of aliphatic carboxylic acids is 2. The van der Waals surface area contributed by atoms with Gasteiger partial charge in [-0.2, -0.15) is 0 Å². The molecule has 0 bridgehead atoms. The van der Waals surface area contributed by atoms with Gasteiger partial charge in [0.1, 0.15) is 6.04 Å². The summed E-state index contributed by atoms with van der Waals surface area (Å²) in [7, 11) is 0. The summed E-state index contributed by atoms with van der Waals surface area (Å²) < 4.78 is 0. The molecule has 2 atom stereocenters. The number of carbonyl (C=O) groups excluding carboxylic acids is 1. The summed E-state index contributed by atoms with van der Waals surface area (Å²) in [5.41, 5.74) is 0. The molecule has 0 aromatic rings.